The number of hydrogen-bond acceptors (Lipinski definition) is 5. The van der Waals surface area contributed by atoms with Gasteiger partial charge >= 0.3 is 5.97 Å². The van der Waals surface area contributed by atoms with Gasteiger partial charge in [0.05, 0.1) is 18.2 Å². The van der Waals surface area contributed by atoms with Crippen molar-refractivity contribution >= 4 is 21.9 Å². The molecule has 2 atom stereocenters. The van der Waals surface area contributed by atoms with Crippen molar-refractivity contribution in [1.82, 2.24) is 0 Å². The summed E-state index contributed by atoms with van der Waals surface area (Å²) in [4.78, 5) is 11.4. The smallest absolute Gasteiger partial charge is 0.338 e. The molecule has 0 radical (unpaired) electrons. The molecule has 6 heteroatoms. The van der Waals surface area contributed by atoms with Gasteiger partial charge in [0.25, 0.3) is 0 Å². The van der Waals surface area contributed by atoms with Crippen molar-refractivity contribution in [2.24, 2.45) is 0 Å². The van der Waals surface area contributed by atoms with Gasteiger partial charge in [-0.15, -0.1) is 0 Å². The van der Waals surface area contributed by atoms with Gasteiger partial charge in [-0.25, -0.2) is 4.79 Å². The van der Waals surface area contributed by atoms with Crippen LogP contribution < -0.4 is 0 Å². The Morgan fingerprint density at radius 2 is 2.21 bits per heavy atom. The van der Waals surface area contributed by atoms with Gasteiger partial charge in [0.15, 0.2) is 6.10 Å². The largest absolute Gasteiger partial charge is 0.464 e. The molecule has 0 heterocycles. The van der Waals surface area contributed by atoms with Gasteiger partial charge in [-0.05, 0) is 30.2 Å². The van der Waals surface area contributed by atoms with E-state index in [0.717, 1.165) is 0 Å². The Bertz CT molecular complexity index is 498. The molecule has 5 nitrogen and oxygen atoms in total. The molecule has 102 valence electrons. The van der Waals surface area contributed by atoms with Gasteiger partial charge < -0.3 is 14.9 Å². The lowest BCUT2D eigenvalue weighted by atomic mass is 9.97. The van der Waals surface area contributed by atoms with Crippen LogP contribution in [0, 0.1) is 11.3 Å². The van der Waals surface area contributed by atoms with E-state index in [0.29, 0.717) is 22.0 Å². The Labute approximate surface area is 119 Å². The Hall–Kier alpha value is -1.42. The molecule has 1 rings (SSSR count). The Morgan fingerprint density at radius 3 is 2.74 bits per heavy atom. The maximum atomic E-state index is 11.4. The lowest BCUT2D eigenvalue weighted by Crippen LogP contribution is -2.30. The summed E-state index contributed by atoms with van der Waals surface area (Å²) >= 11 is 3.25. The number of carbonyl (C=O) groups excluding carboxylic acids is 1. The van der Waals surface area contributed by atoms with Crippen LogP contribution in [-0.2, 0) is 14.9 Å². The quantitative estimate of drug-likeness (QED) is 0.630. The minimum absolute atomic E-state index is 0.117. The highest BCUT2D eigenvalue weighted by molar-refractivity contribution is 9.08. The second-order valence-corrected chi connectivity index (χ2v) is 4.36. The Kier molecular flexibility index (Phi) is 5.96. The van der Waals surface area contributed by atoms with Crippen LogP contribution in [-0.4, -0.2) is 28.9 Å². The van der Waals surface area contributed by atoms with E-state index in [-0.39, 0.29) is 6.61 Å². The van der Waals surface area contributed by atoms with Crippen LogP contribution in [0.3, 0.4) is 0 Å². The zero-order chi connectivity index (χ0) is 14.4. The summed E-state index contributed by atoms with van der Waals surface area (Å²) in [7, 11) is 0. The predicted molar refractivity (Wildman–Crippen MR) is 71.4 cm³/mol. The van der Waals surface area contributed by atoms with Crippen LogP contribution >= 0.6 is 15.9 Å². The highest BCUT2D eigenvalue weighted by atomic mass is 79.9. The van der Waals surface area contributed by atoms with Crippen LogP contribution in [0.25, 0.3) is 0 Å². The van der Waals surface area contributed by atoms with Crippen LogP contribution in [0.2, 0.25) is 0 Å². The van der Waals surface area contributed by atoms with E-state index >= 15 is 0 Å². The molecule has 0 saturated carbocycles. The molecule has 0 spiro atoms. The van der Waals surface area contributed by atoms with E-state index in [9.17, 15) is 15.0 Å². The Morgan fingerprint density at radius 1 is 1.53 bits per heavy atom. The average Bonchev–Trinajstić information content (AvgIpc) is 2.45. The number of aliphatic hydroxyl groups excluding tert-OH is 2. The second-order valence-electron chi connectivity index (χ2n) is 3.80. The number of esters is 1. The zero-order valence-electron chi connectivity index (χ0n) is 10.3. The predicted octanol–water partition coefficient (Wildman–Crippen LogP) is 1.41. The van der Waals surface area contributed by atoms with E-state index in [1.807, 2.05) is 6.07 Å². The summed E-state index contributed by atoms with van der Waals surface area (Å²) in [6, 6.07) is 6.65. The number of alkyl halides is 1. The molecule has 2 unspecified atom stereocenters. The highest BCUT2D eigenvalue weighted by Crippen LogP contribution is 2.25. The highest BCUT2D eigenvalue weighted by Gasteiger charge is 2.28. The van der Waals surface area contributed by atoms with Crippen molar-refractivity contribution in [2.75, 3.05) is 6.61 Å². The minimum Gasteiger partial charge on any atom is -0.464 e. The SMILES string of the molecule is CCOC(=O)C(O)C(O)c1cc(C#N)ccc1CBr. The van der Waals surface area contributed by atoms with E-state index in [1.54, 1.807) is 19.1 Å². The van der Waals surface area contributed by atoms with Crippen molar-refractivity contribution in [2.45, 2.75) is 24.5 Å². The monoisotopic (exact) mass is 327 g/mol. The molecule has 1 aromatic rings. The zero-order valence-corrected chi connectivity index (χ0v) is 11.9. The number of rotatable bonds is 5. The Balaban J connectivity index is 3.07. The third kappa shape index (κ3) is 3.77. The number of benzene rings is 1. The summed E-state index contributed by atoms with van der Waals surface area (Å²) in [5.74, 6) is -0.891. The third-order valence-corrected chi connectivity index (χ3v) is 3.17. The van der Waals surface area contributed by atoms with Gasteiger partial charge in [0.1, 0.15) is 6.10 Å². The lowest BCUT2D eigenvalue weighted by molar-refractivity contribution is -0.159. The average molecular weight is 328 g/mol. The van der Waals surface area contributed by atoms with E-state index < -0.39 is 18.2 Å². The number of aliphatic hydroxyl groups is 2. The molecule has 0 amide bonds. The molecule has 0 bridgehead atoms. The van der Waals surface area contributed by atoms with E-state index in [4.69, 9.17) is 5.26 Å². The first-order chi connectivity index (χ1) is 9.04. The molecule has 0 aromatic heterocycles. The van der Waals surface area contributed by atoms with Gasteiger partial charge in [-0.2, -0.15) is 5.26 Å². The third-order valence-electron chi connectivity index (χ3n) is 2.56. The van der Waals surface area contributed by atoms with E-state index in [2.05, 4.69) is 20.7 Å². The first-order valence-corrected chi connectivity index (χ1v) is 6.79. The summed E-state index contributed by atoms with van der Waals surface area (Å²) in [5.41, 5.74) is 1.36. The van der Waals surface area contributed by atoms with Gasteiger partial charge in [-0.1, -0.05) is 22.0 Å². The maximum Gasteiger partial charge on any atom is 0.338 e. The summed E-state index contributed by atoms with van der Waals surface area (Å²) in [6.45, 7) is 1.73. The molecule has 0 aliphatic carbocycles. The number of hydrogen-bond donors (Lipinski definition) is 2. The molecule has 2 N–H and O–H groups in total. The fourth-order valence-corrected chi connectivity index (χ4v) is 2.10. The van der Waals surface area contributed by atoms with E-state index in [1.165, 1.54) is 6.07 Å². The van der Waals surface area contributed by atoms with Crippen molar-refractivity contribution in [3.8, 4) is 6.07 Å². The first-order valence-electron chi connectivity index (χ1n) is 5.66. The van der Waals surface area contributed by atoms with Crippen LogP contribution in [0.15, 0.2) is 18.2 Å². The second kappa shape index (κ2) is 7.24. The van der Waals surface area contributed by atoms with Crippen LogP contribution in [0.1, 0.15) is 29.7 Å². The fraction of sp³-hybridized carbons (Fsp3) is 0.385. The number of ether oxygens (including phenoxy) is 1. The number of carbonyl (C=O) groups is 1. The van der Waals surface area contributed by atoms with Crippen molar-refractivity contribution < 1.29 is 19.7 Å². The summed E-state index contributed by atoms with van der Waals surface area (Å²) in [6.07, 6.45) is -3.11. The van der Waals surface area contributed by atoms with Gasteiger partial charge in [-0.3, -0.25) is 0 Å². The topological polar surface area (TPSA) is 90.6 Å². The lowest BCUT2D eigenvalue weighted by Gasteiger charge is -2.19. The molecular weight excluding hydrogens is 314 g/mol. The van der Waals surface area contributed by atoms with Crippen molar-refractivity contribution in [3.63, 3.8) is 0 Å². The van der Waals surface area contributed by atoms with Crippen LogP contribution in [0.4, 0.5) is 0 Å². The molecule has 0 fully saturated rings. The maximum absolute atomic E-state index is 11.4. The number of halogens is 1. The summed E-state index contributed by atoms with van der Waals surface area (Å²) < 4.78 is 4.65. The van der Waals surface area contributed by atoms with Gasteiger partial charge in [0, 0.05) is 5.33 Å². The molecule has 0 aliphatic heterocycles. The van der Waals surface area contributed by atoms with Crippen molar-refractivity contribution in [1.29, 1.82) is 5.26 Å². The number of nitrogens with zero attached hydrogens (tertiary/aromatic N) is 1. The van der Waals surface area contributed by atoms with Crippen LogP contribution in [0.5, 0.6) is 0 Å². The molecule has 19 heavy (non-hydrogen) atoms. The molecular formula is C13H14BrNO4. The first kappa shape index (κ1) is 15.6. The summed E-state index contributed by atoms with van der Waals surface area (Å²) in [5, 5.41) is 29.0. The normalized spacial score (nSPS) is 13.4. The fourth-order valence-electron chi connectivity index (χ4n) is 1.59. The standard InChI is InChI=1S/C13H14BrNO4/c1-2-19-13(18)12(17)11(16)10-5-8(7-15)3-4-9(10)6-14/h3-5,11-12,16-17H,2,6H2,1H3. The molecule has 1 aromatic carbocycles. The number of nitriles is 1. The molecule has 0 saturated heterocycles. The minimum atomic E-state index is -1.67. The van der Waals surface area contributed by atoms with Crippen molar-refractivity contribution in [3.05, 3.63) is 34.9 Å². The molecule has 0 aliphatic rings. The van der Waals surface area contributed by atoms with Gasteiger partial charge in [0.2, 0.25) is 0 Å².